The van der Waals surface area contributed by atoms with Gasteiger partial charge in [0.15, 0.2) is 0 Å². The molecule has 2 rings (SSSR count). The second kappa shape index (κ2) is 5.90. The first-order chi connectivity index (χ1) is 9.40. The first-order valence-electron chi connectivity index (χ1n) is 6.43. The maximum Gasteiger partial charge on any atom is 0.335 e. The number of rotatable bonds is 7. The van der Waals surface area contributed by atoms with E-state index < -0.39 is 16.0 Å². The van der Waals surface area contributed by atoms with Gasteiger partial charge in [-0.25, -0.2) is 17.9 Å². The molecule has 6 nitrogen and oxygen atoms in total. The summed E-state index contributed by atoms with van der Waals surface area (Å²) in [4.78, 5) is 12.9. The van der Waals surface area contributed by atoms with Crippen LogP contribution in [0.15, 0.2) is 29.2 Å². The topological polar surface area (TPSA) is 86.7 Å². The van der Waals surface area contributed by atoms with Crippen LogP contribution < -0.4 is 4.72 Å². The van der Waals surface area contributed by atoms with Crippen LogP contribution in [0.2, 0.25) is 0 Å². The van der Waals surface area contributed by atoms with E-state index in [0.29, 0.717) is 19.1 Å². The van der Waals surface area contributed by atoms with Crippen LogP contribution in [0.4, 0.5) is 0 Å². The Morgan fingerprint density at radius 3 is 2.75 bits per heavy atom. The number of likely N-dealkylation sites (N-methyl/N-ethyl adjacent to an activating group) is 1. The molecule has 0 atom stereocenters. The predicted octanol–water partition coefficient (Wildman–Crippen LogP) is 0.757. The van der Waals surface area contributed by atoms with Gasteiger partial charge in [0.1, 0.15) is 0 Å². The molecule has 2 N–H and O–H groups in total. The van der Waals surface area contributed by atoms with Crippen molar-refractivity contribution < 1.29 is 18.3 Å². The van der Waals surface area contributed by atoms with E-state index in [1.54, 1.807) is 0 Å². The van der Waals surface area contributed by atoms with Crippen LogP contribution in [0.5, 0.6) is 0 Å². The lowest BCUT2D eigenvalue weighted by Gasteiger charge is -2.15. The summed E-state index contributed by atoms with van der Waals surface area (Å²) in [5.74, 6) is -1.14. The zero-order chi connectivity index (χ0) is 14.8. The Hall–Kier alpha value is -1.44. The van der Waals surface area contributed by atoms with Crippen molar-refractivity contribution >= 4 is 16.0 Å². The normalized spacial score (nSPS) is 15.5. The smallest absolute Gasteiger partial charge is 0.335 e. The SMILES string of the molecule is CN(CCNS(=O)(=O)c1cccc(C(=O)O)c1)C1CC1. The van der Waals surface area contributed by atoms with Crippen molar-refractivity contribution in [2.45, 2.75) is 23.8 Å². The fourth-order valence-electron chi connectivity index (χ4n) is 1.93. The molecule has 0 unspecified atom stereocenters. The van der Waals surface area contributed by atoms with Gasteiger partial charge in [-0.05, 0) is 38.1 Å². The molecular formula is C13H18N2O4S. The molecule has 1 aromatic rings. The number of hydrogen-bond donors (Lipinski definition) is 2. The van der Waals surface area contributed by atoms with Crippen molar-refractivity contribution in [2.24, 2.45) is 0 Å². The fourth-order valence-corrected chi connectivity index (χ4v) is 3.00. The summed E-state index contributed by atoms with van der Waals surface area (Å²) in [7, 11) is -1.69. The van der Waals surface area contributed by atoms with Crippen molar-refractivity contribution in [2.75, 3.05) is 20.1 Å². The highest BCUT2D eigenvalue weighted by Crippen LogP contribution is 2.24. The summed E-state index contributed by atoms with van der Waals surface area (Å²) >= 11 is 0. The lowest BCUT2D eigenvalue weighted by Crippen LogP contribution is -2.34. The molecule has 110 valence electrons. The minimum absolute atomic E-state index is 0.0218. The Kier molecular flexibility index (Phi) is 4.42. The molecule has 0 heterocycles. The summed E-state index contributed by atoms with van der Waals surface area (Å²) in [6.07, 6.45) is 2.34. The van der Waals surface area contributed by atoms with Crippen molar-refractivity contribution in [1.29, 1.82) is 0 Å². The second-order valence-electron chi connectivity index (χ2n) is 4.94. The summed E-state index contributed by atoms with van der Waals surface area (Å²) < 4.78 is 26.6. The van der Waals surface area contributed by atoms with Gasteiger partial charge in [0, 0.05) is 19.1 Å². The van der Waals surface area contributed by atoms with Crippen LogP contribution in [0.3, 0.4) is 0 Å². The Bertz CT molecular complexity index is 596. The molecule has 0 amide bonds. The van der Waals surface area contributed by atoms with E-state index in [1.807, 2.05) is 7.05 Å². The Balaban J connectivity index is 1.98. The van der Waals surface area contributed by atoms with Crippen molar-refractivity contribution in [3.8, 4) is 0 Å². The fraction of sp³-hybridized carbons (Fsp3) is 0.462. The Morgan fingerprint density at radius 1 is 1.45 bits per heavy atom. The standard InChI is InChI=1S/C13H18N2O4S/c1-15(11-5-6-11)8-7-14-20(18,19)12-4-2-3-10(9-12)13(16)17/h2-4,9,11,14H,5-8H2,1H3,(H,16,17). The summed E-state index contributed by atoms with van der Waals surface area (Å²) in [6.45, 7) is 0.954. The highest BCUT2D eigenvalue weighted by Gasteiger charge is 2.26. The first kappa shape index (κ1) is 15.0. The molecule has 0 spiro atoms. The van der Waals surface area contributed by atoms with E-state index >= 15 is 0 Å². The molecule has 1 aliphatic rings. The zero-order valence-corrected chi connectivity index (χ0v) is 12.1. The monoisotopic (exact) mass is 298 g/mol. The number of carboxylic acid groups (broad SMARTS) is 1. The van der Waals surface area contributed by atoms with E-state index in [0.717, 1.165) is 6.07 Å². The lowest BCUT2D eigenvalue weighted by atomic mass is 10.2. The molecule has 0 bridgehead atoms. The number of benzene rings is 1. The molecule has 1 saturated carbocycles. The molecule has 1 aliphatic carbocycles. The third kappa shape index (κ3) is 3.78. The molecule has 0 aliphatic heterocycles. The van der Waals surface area contributed by atoms with Crippen LogP contribution in [0.1, 0.15) is 23.2 Å². The van der Waals surface area contributed by atoms with E-state index in [9.17, 15) is 13.2 Å². The molecule has 1 fully saturated rings. The highest BCUT2D eigenvalue weighted by molar-refractivity contribution is 7.89. The summed E-state index contributed by atoms with van der Waals surface area (Å²) in [6, 6.07) is 5.92. The molecule has 7 heteroatoms. The minimum atomic E-state index is -3.66. The number of nitrogens with one attached hydrogen (secondary N) is 1. The average Bonchev–Trinajstić information content (AvgIpc) is 3.23. The molecule has 20 heavy (non-hydrogen) atoms. The number of nitrogens with zero attached hydrogens (tertiary/aromatic N) is 1. The highest BCUT2D eigenvalue weighted by atomic mass is 32.2. The number of carboxylic acids is 1. The zero-order valence-electron chi connectivity index (χ0n) is 11.2. The largest absolute Gasteiger partial charge is 0.478 e. The quantitative estimate of drug-likeness (QED) is 0.776. The maximum atomic E-state index is 12.1. The number of hydrogen-bond acceptors (Lipinski definition) is 4. The third-order valence-electron chi connectivity index (χ3n) is 3.32. The van der Waals surface area contributed by atoms with Crippen molar-refractivity contribution in [3.05, 3.63) is 29.8 Å². The van der Waals surface area contributed by atoms with Gasteiger partial charge in [0.05, 0.1) is 10.5 Å². The lowest BCUT2D eigenvalue weighted by molar-refractivity contribution is 0.0696. The minimum Gasteiger partial charge on any atom is -0.478 e. The van der Waals surface area contributed by atoms with Crippen LogP contribution >= 0.6 is 0 Å². The van der Waals surface area contributed by atoms with Crippen LogP contribution in [0.25, 0.3) is 0 Å². The van der Waals surface area contributed by atoms with Gasteiger partial charge in [-0.3, -0.25) is 0 Å². The van der Waals surface area contributed by atoms with Crippen LogP contribution in [0, 0.1) is 0 Å². The first-order valence-corrected chi connectivity index (χ1v) is 7.92. The maximum absolute atomic E-state index is 12.1. The molecule has 0 radical (unpaired) electrons. The molecule has 0 aromatic heterocycles. The summed E-state index contributed by atoms with van der Waals surface area (Å²) in [5, 5.41) is 8.87. The molecule has 0 saturated heterocycles. The van der Waals surface area contributed by atoms with E-state index in [2.05, 4.69) is 9.62 Å². The van der Waals surface area contributed by atoms with Crippen LogP contribution in [-0.2, 0) is 10.0 Å². The van der Waals surface area contributed by atoms with E-state index in [-0.39, 0.29) is 10.5 Å². The van der Waals surface area contributed by atoms with E-state index in [4.69, 9.17) is 5.11 Å². The Labute approximate surface area is 118 Å². The van der Waals surface area contributed by atoms with Gasteiger partial charge >= 0.3 is 5.97 Å². The van der Waals surface area contributed by atoms with Gasteiger partial charge < -0.3 is 10.0 Å². The number of aromatic carboxylic acids is 1. The second-order valence-corrected chi connectivity index (χ2v) is 6.71. The van der Waals surface area contributed by atoms with Crippen molar-refractivity contribution in [3.63, 3.8) is 0 Å². The van der Waals surface area contributed by atoms with Gasteiger partial charge in [0.2, 0.25) is 10.0 Å². The van der Waals surface area contributed by atoms with Gasteiger partial charge in [0.25, 0.3) is 0 Å². The number of sulfonamides is 1. The summed E-state index contributed by atoms with van der Waals surface area (Å²) in [5.41, 5.74) is -0.0389. The van der Waals surface area contributed by atoms with Gasteiger partial charge in [-0.15, -0.1) is 0 Å². The van der Waals surface area contributed by atoms with E-state index in [1.165, 1.54) is 31.0 Å². The van der Waals surface area contributed by atoms with Crippen LogP contribution in [-0.4, -0.2) is 50.6 Å². The van der Waals surface area contributed by atoms with Gasteiger partial charge in [-0.1, -0.05) is 6.07 Å². The van der Waals surface area contributed by atoms with Crippen molar-refractivity contribution in [1.82, 2.24) is 9.62 Å². The van der Waals surface area contributed by atoms with Gasteiger partial charge in [-0.2, -0.15) is 0 Å². The number of carbonyl (C=O) groups is 1. The Morgan fingerprint density at radius 2 is 2.15 bits per heavy atom. The third-order valence-corrected chi connectivity index (χ3v) is 4.78. The molecule has 1 aromatic carbocycles. The average molecular weight is 298 g/mol. The molecular weight excluding hydrogens is 280 g/mol. The predicted molar refractivity (Wildman–Crippen MR) is 74.2 cm³/mol.